The predicted molar refractivity (Wildman–Crippen MR) is 66.7 cm³/mol. The van der Waals surface area contributed by atoms with Crippen molar-refractivity contribution in [2.24, 2.45) is 0 Å². The van der Waals surface area contributed by atoms with E-state index >= 15 is 0 Å². The van der Waals surface area contributed by atoms with Gasteiger partial charge >= 0.3 is 0 Å². The molecule has 0 saturated heterocycles. The van der Waals surface area contributed by atoms with E-state index in [2.05, 4.69) is 17.1 Å². The Morgan fingerprint density at radius 1 is 1.53 bits per heavy atom. The average Bonchev–Trinajstić information content (AvgIpc) is 2.86. The fraction of sp³-hybridized carbons (Fsp3) is 0.455. The third-order valence-electron chi connectivity index (χ3n) is 2.16. The summed E-state index contributed by atoms with van der Waals surface area (Å²) in [6.07, 6.45) is 0.974. The van der Waals surface area contributed by atoms with Crippen molar-refractivity contribution in [3.05, 3.63) is 16.8 Å². The van der Waals surface area contributed by atoms with Crippen molar-refractivity contribution in [1.29, 1.82) is 0 Å². The van der Waals surface area contributed by atoms with E-state index in [0.29, 0.717) is 29.9 Å². The highest BCUT2D eigenvalue weighted by atomic mass is 32.1. The molecule has 2 N–H and O–H groups in total. The molecule has 2 rings (SSSR count). The van der Waals surface area contributed by atoms with Crippen LogP contribution < -0.4 is 5.73 Å². The lowest BCUT2D eigenvalue weighted by molar-refractivity contribution is 0.114. The molecular formula is C11H15N3O2S. The molecule has 2 heterocycles. The molecule has 2 aromatic heterocycles. The van der Waals surface area contributed by atoms with Gasteiger partial charge in [0.15, 0.2) is 5.82 Å². The van der Waals surface area contributed by atoms with Crippen LogP contribution in [-0.2, 0) is 11.3 Å². The molecule has 0 radical (unpaired) electrons. The predicted octanol–water partition coefficient (Wildman–Crippen LogP) is 2.62. The fourth-order valence-corrected chi connectivity index (χ4v) is 2.21. The second-order valence-corrected chi connectivity index (χ2v) is 4.99. The molecule has 0 aromatic carbocycles. The topological polar surface area (TPSA) is 74.2 Å². The first-order valence-electron chi connectivity index (χ1n) is 5.47. The smallest absolute Gasteiger partial charge is 0.261 e. The van der Waals surface area contributed by atoms with Crippen LogP contribution in [-0.4, -0.2) is 16.7 Å². The summed E-state index contributed by atoms with van der Waals surface area (Å²) in [5, 5.41) is 4.55. The van der Waals surface area contributed by atoms with Crippen molar-refractivity contribution in [3.63, 3.8) is 0 Å². The van der Waals surface area contributed by atoms with Crippen LogP contribution in [0.3, 0.4) is 0 Å². The number of anilines is 1. The first kappa shape index (κ1) is 12.1. The van der Waals surface area contributed by atoms with E-state index in [-0.39, 0.29) is 0 Å². The maximum absolute atomic E-state index is 5.86. The van der Waals surface area contributed by atoms with Crippen LogP contribution in [0.4, 0.5) is 5.00 Å². The quantitative estimate of drug-likeness (QED) is 0.829. The molecular weight excluding hydrogens is 238 g/mol. The van der Waals surface area contributed by atoms with Gasteiger partial charge in [-0.05, 0) is 19.4 Å². The third-order valence-corrected chi connectivity index (χ3v) is 3.04. The Balaban J connectivity index is 2.10. The van der Waals surface area contributed by atoms with Crippen LogP contribution in [0.15, 0.2) is 10.6 Å². The van der Waals surface area contributed by atoms with Gasteiger partial charge in [-0.1, -0.05) is 12.1 Å². The van der Waals surface area contributed by atoms with Gasteiger partial charge in [-0.2, -0.15) is 4.98 Å². The van der Waals surface area contributed by atoms with Gasteiger partial charge in [0.1, 0.15) is 6.61 Å². The number of aromatic nitrogens is 2. The Hall–Kier alpha value is -1.40. The number of nitrogen functional groups attached to an aromatic ring is 1. The summed E-state index contributed by atoms with van der Waals surface area (Å²) >= 11 is 1.51. The lowest BCUT2D eigenvalue weighted by Gasteiger charge is -1.95. The zero-order valence-electron chi connectivity index (χ0n) is 9.90. The molecule has 0 spiro atoms. The van der Waals surface area contributed by atoms with E-state index < -0.39 is 0 Å². The molecule has 0 fully saturated rings. The normalized spacial score (nSPS) is 10.9. The van der Waals surface area contributed by atoms with Crippen molar-refractivity contribution in [3.8, 4) is 11.5 Å². The maximum Gasteiger partial charge on any atom is 0.261 e. The van der Waals surface area contributed by atoms with Gasteiger partial charge in [0, 0.05) is 11.5 Å². The number of hydrogen-bond donors (Lipinski definition) is 1. The highest BCUT2D eigenvalue weighted by molar-refractivity contribution is 7.16. The van der Waals surface area contributed by atoms with Crippen molar-refractivity contribution in [1.82, 2.24) is 10.1 Å². The average molecular weight is 253 g/mol. The first-order chi connectivity index (χ1) is 8.20. The third kappa shape index (κ3) is 2.83. The minimum absolute atomic E-state index is 0.375. The number of thiophene rings is 1. The molecule has 6 heteroatoms. The summed E-state index contributed by atoms with van der Waals surface area (Å²) in [5.74, 6) is 1.01. The van der Waals surface area contributed by atoms with Gasteiger partial charge in [0.25, 0.3) is 5.89 Å². The highest BCUT2D eigenvalue weighted by Gasteiger charge is 2.14. The summed E-state index contributed by atoms with van der Waals surface area (Å²) in [5.41, 5.74) is 6.67. The largest absolute Gasteiger partial charge is 0.390 e. The second kappa shape index (κ2) is 5.29. The zero-order chi connectivity index (χ0) is 12.3. The van der Waals surface area contributed by atoms with Crippen LogP contribution >= 0.6 is 11.3 Å². The van der Waals surface area contributed by atoms with Crippen LogP contribution in [0.2, 0.25) is 0 Å². The van der Waals surface area contributed by atoms with Crippen LogP contribution in [0, 0.1) is 6.92 Å². The number of rotatable bonds is 5. The molecule has 17 heavy (non-hydrogen) atoms. The minimum Gasteiger partial charge on any atom is -0.390 e. The van der Waals surface area contributed by atoms with E-state index in [1.165, 1.54) is 11.3 Å². The Bertz CT molecular complexity index is 493. The van der Waals surface area contributed by atoms with Crippen molar-refractivity contribution >= 4 is 16.3 Å². The minimum atomic E-state index is 0.375. The van der Waals surface area contributed by atoms with E-state index in [1.54, 1.807) is 0 Å². The van der Waals surface area contributed by atoms with Gasteiger partial charge < -0.3 is 15.0 Å². The Morgan fingerprint density at radius 2 is 2.35 bits per heavy atom. The van der Waals surface area contributed by atoms with Gasteiger partial charge in [-0.15, -0.1) is 11.3 Å². The molecule has 92 valence electrons. The number of nitrogens with two attached hydrogens (primary N) is 1. The summed E-state index contributed by atoms with van der Waals surface area (Å²) < 4.78 is 10.5. The Labute approximate surface area is 104 Å². The molecule has 0 aliphatic heterocycles. The monoisotopic (exact) mass is 253 g/mol. The Kier molecular flexibility index (Phi) is 3.75. The van der Waals surface area contributed by atoms with Gasteiger partial charge in [0.05, 0.1) is 10.6 Å². The van der Waals surface area contributed by atoms with Gasteiger partial charge in [-0.3, -0.25) is 0 Å². The van der Waals surface area contributed by atoms with E-state index in [9.17, 15) is 0 Å². The highest BCUT2D eigenvalue weighted by Crippen LogP contribution is 2.32. The maximum atomic E-state index is 5.86. The van der Waals surface area contributed by atoms with E-state index in [1.807, 2.05) is 13.0 Å². The molecule has 0 saturated carbocycles. The molecule has 0 bridgehead atoms. The van der Waals surface area contributed by atoms with Crippen molar-refractivity contribution < 1.29 is 9.26 Å². The van der Waals surface area contributed by atoms with Gasteiger partial charge in [-0.25, -0.2) is 0 Å². The molecule has 0 amide bonds. The number of aryl methyl sites for hydroxylation is 1. The van der Waals surface area contributed by atoms with Crippen molar-refractivity contribution in [2.45, 2.75) is 26.9 Å². The fourth-order valence-electron chi connectivity index (χ4n) is 1.43. The van der Waals surface area contributed by atoms with Crippen LogP contribution in [0.1, 0.15) is 24.0 Å². The zero-order valence-corrected chi connectivity index (χ0v) is 10.7. The molecule has 0 aliphatic carbocycles. The van der Waals surface area contributed by atoms with Crippen LogP contribution in [0.25, 0.3) is 11.5 Å². The van der Waals surface area contributed by atoms with Gasteiger partial charge in [0.2, 0.25) is 0 Å². The summed E-state index contributed by atoms with van der Waals surface area (Å²) in [4.78, 5) is 5.37. The van der Waals surface area contributed by atoms with E-state index in [0.717, 1.165) is 16.9 Å². The van der Waals surface area contributed by atoms with Crippen LogP contribution in [0.5, 0.6) is 0 Å². The number of nitrogens with zero attached hydrogens (tertiary/aromatic N) is 2. The number of ether oxygens (including phenoxy) is 1. The lowest BCUT2D eigenvalue weighted by Crippen LogP contribution is -1.95. The molecule has 5 nitrogen and oxygen atoms in total. The summed E-state index contributed by atoms with van der Waals surface area (Å²) in [7, 11) is 0. The molecule has 0 unspecified atom stereocenters. The second-order valence-electron chi connectivity index (χ2n) is 3.70. The Morgan fingerprint density at radius 3 is 3.00 bits per heavy atom. The molecule has 2 aromatic rings. The van der Waals surface area contributed by atoms with Crippen molar-refractivity contribution in [2.75, 3.05) is 12.3 Å². The molecule has 0 atom stereocenters. The SMILES string of the molecule is CCCOCc1noc(-c2cc(C)sc2N)n1. The molecule has 0 aliphatic rings. The van der Waals surface area contributed by atoms with E-state index in [4.69, 9.17) is 15.0 Å². The standard InChI is InChI=1S/C11H15N3O2S/c1-3-4-15-6-9-13-11(16-14-9)8-5-7(2)17-10(8)12/h5H,3-4,6,12H2,1-2H3. The lowest BCUT2D eigenvalue weighted by atomic mass is 10.3. The first-order valence-corrected chi connectivity index (χ1v) is 6.29. The summed E-state index contributed by atoms with van der Waals surface area (Å²) in [6.45, 7) is 5.12. The summed E-state index contributed by atoms with van der Waals surface area (Å²) in [6, 6.07) is 1.95. The number of hydrogen-bond acceptors (Lipinski definition) is 6.